The van der Waals surface area contributed by atoms with Gasteiger partial charge < -0.3 is 10.1 Å². The molecule has 2 aromatic rings. The average Bonchev–Trinajstić information content (AvgIpc) is 2.71. The average molecular weight is 484 g/mol. The number of hydrogen-bond donors (Lipinski definition) is 1. The predicted molar refractivity (Wildman–Crippen MR) is 126 cm³/mol. The molecule has 0 atom stereocenters. The van der Waals surface area contributed by atoms with Gasteiger partial charge in [0.05, 0.1) is 23.0 Å². The third kappa shape index (κ3) is 6.67. The fourth-order valence-electron chi connectivity index (χ4n) is 2.40. The van der Waals surface area contributed by atoms with E-state index in [2.05, 4.69) is 22.0 Å². The van der Waals surface area contributed by atoms with Crippen molar-refractivity contribution in [3.8, 4) is 5.75 Å². The number of nitrogens with zero attached hydrogens (tertiary/aromatic N) is 3. The van der Waals surface area contributed by atoms with Gasteiger partial charge in [0.15, 0.2) is 0 Å². The summed E-state index contributed by atoms with van der Waals surface area (Å²) in [6, 6.07) is 11.8. The maximum atomic E-state index is 12.3. The van der Waals surface area contributed by atoms with Gasteiger partial charge in [0.1, 0.15) is 12.3 Å². The Morgan fingerprint density at radius 1 is 1.20 bits per heavy atom. The van der Waals surface area contributed by atoms with Gasteiger partial charge in [-0.1, -0.05) is 52.6 Å². The van der Waals surface area contributed by atoms with Gasteiger partial charge in [0, 0.05) is 10.0 Å². The molecule has 10 heteroatoms. The Labute approximate surface area is 193 Å². The first-order valence-electron chi connectivity index (χ1n) is 8.76. The second-order valence-corrected chi connectivity index (χ2v) is 8.26. The zero-order valence-electron chi connectivity index (χ0n) is 15.6. The fraction of sp³-hybridized carbons (Fsp3) is 0.150. The van der Waals surface area contributed by atoms with Crippen molar-refractivity contribution in [1.29, 1.82) is 0 Å². The second kappa shape index (κ2) is 10.7. The zero-order chi connectivity index (χ0) is 21.5. The summed E-state index contributed by atoms with van der Waals surface area (Å²) in [7, 11) is 0. The van der Waals surface area contributed by atoms with Crippen LogP contribution in [0.2, 0.25) is 15.1 Å². The van der Waals surface area contributed by atoms with Crippen LogP contribution in [0.3, 0.4) is 0 Å². The number of nitrogens with one attached hydrogen (secondary N) is 1. The van der Waals surface area contributed by atoms with Crippen LogP contribution >= 0.6 is 46.6 Å². The molecule has 0 spiro atoms. The van der Waals surface area contributed by atoms with Crippen LogP contribution in [0.5, 0.6) is 5.75 Å². The molecule has 30 heavy (non-hydrogen) atoms. The van der Waals surface area contributed by atoms with Gasteiger partial charge in [-0.25, -0.2) is 0 Å². The summed E-state index contributed by atoms with van der Waals surface area (Å²) in [5, 5.41) is 10.8. The topological polar surface area (TPSA) is 66.3 Å². The molecule has 156 valence electrons. The molecule has 0 bridgehead atoms. The van der Waals surface area contributed by atoms with Gasteiger partial charge in [-0.15, -0.1) is 11.7 Å². The molecule has 0 radical (unpaired) electrons. The van der Waals surface area contributed by atoms with Gasteiger partial charge in [0.25, 0.3) is 0 Å². The van der Waals surface area contributed by atoms with Crippen molar-refractivity contribution in [3.63, 3.8) is 0 Å². The van der Waals surface area contributed by atoms with E-state index >= 15 is 0 Å². The Kier molecular flexibility index (Phi) is 8.04. The van der Waals surface area contributed by atoms with Crippen LogP contribution in [0.1, 0.15) is 0 Å². The van der Waals surface area contributed by atoms with Crippen LogP contribution < -0.4 is 10.1 Å². The van der Waals surface area contributed by atoms with E-state index < -0.39 is 0 Å². The Morgan fingerprint density at radius 2 is 1.93 bits per heavy atom. The molecule has 0 saturated carbocycles. The van der Waals surface area contributed by atoms with Crippen LogP contribution in [0.4, 0.5) is 5.69 Å². The van der Waals surface area contributed by atoms with E-state index in [4.69, 9.17) is 39.5 Å². The van der Waals surface area contributed by atoms with Gasteiger partial charge in [-0.3, -0.25) is 9.80 Å². The highest BCUT2D eigenvalue weighted by atomic mass is 35.5. The van der Waals surface area contributed by atoms with Gasteiger partial charge in [-0.05, 0) is 42.5 Å². The molecule has 0 unspecified atom stereocenters. The van der Waals surface area contributed by atoms with E-state index in [0.29, 0.717) is 50.7 Å². The summed E-state index contributed by atoms with van der Waals surface area (Å²) in [6.45, 7) is 4.62. The van der Waals surface area contributed by atoms with Crippen LogP contribution in [-0.2, 0) is 4.79 Å². The largest absolute Gasteiger partial charge is 0.441 e. The van der Waals surface area contributed by atoms with Crippen LogP contribution in [-0.4, -0.2) is 40.8 Å². The fourth-order valence-corrected chi connectivity index (χ4v) is 3.53. The van der Waals surface area contributed by atoms with Crippen molar-refractivity contribution >= 4 is 69.2 Å². The monoisotopic (exact) mass is 482 g/mol. The number of carbonyl (C=O) groups excluding carboxylic acids is 1. The minimum atomic E-state index is -0.261. The van der Waals surface area contributed by atoms with Crippen LogP contribution in [0, 0.1) is 0 Å². The predicted octanol–water partition coefficient (Wildman–Crippen LogP) is 5.57. The Hall–Kier alpha value is -2.19. The molecule has 1 amide bonds. The molecular formula is C20H17Cl3N4O2S. The number of benzene rings is 2. The van der Waals surface area contributed by atoms with Crippen molar-refractivity contribution in [2.45, 2.75) is 0 Å². The summed E-state index contributed by atoms with van der Waals surface area (Å²) < 4.78 is 5.84. The Bertz CT molecular complexity index is 996. The smallest absolute Gasteiger partial charge is 0.234 e. The number of carbonyl (C=O) groups is 1. The number of aliphatic imine (C=N–C) groups is 1. The minimum Gasteiger partial charge on any atom is -0.441 e. The molecule has 0 fully saturated rings. The molecule has 1 heterocycles. The first-order chi connectivity index (χ1) is 14.4. The lowest BCUT2D eigenvalue weighted by molar-refractivity contribution is -0.113. The van der Waals surface area contributed by atoms with Crippen molar-refractivity contribution in [3.05, 3.63) is 70.2 Å². The normalized spacial score (nSPS) is 13.4. The quantitative estimate of drug-likeness (QED) is 0.546. The minimum absolute atomic E-state index is 0.0847. The summed E-state index contributed by atoms with van der Waals surface area (Å²) in [6.07, 6.45) is 1.73. The van der Waals surface area contributed by atoms with E-state index in [9.17, 15) is 4.79 Å². The molecule has 1 N–H and O–H groups in total. The van der Waals surface area contributed by atoms with Crippen molar-refractivity contribution < 1.29 is 9.53 Å². The first-order valence-corrected chi connectivity index (χ1v) is 10.9. The SMILES string of the molecule is C=CCN1CC(Oc2ccc(Cl)cc2)=NC(SCC(=O)Nc2cc(Cl)ccc2Cl)=N1. The molecule has 0 aromatic heterocycles. The highest BCUT2D eigenvalue weighted by Crippen LogP contribution is 2.26. The molecule has 6 nitrogen and oxygen atoms in total. The van der Waals surface area contributed by atoms with E-state index in [1.54, 1.807) is 53.5 Å². The van der Waals surface area contributed by atoms with E-state index in [0.717, 1.165) is 0 Å². The molecule has 0 saturated heterocycles. The Balaban J connectivity index is 1.65. The third-order valence-electron chi connectivity index (χ3n) is 3.69. The number of amides is 1. The van der Waals surface area contributed by atoms with Crippen LogP contribution in [0.15, 0.2) is 65.2 Å². The molecule has 0 aliphatic carbocycles. The van der Waals surface area contributed by atoms with Crippen molar-refractivity contribution in [2.75, 3.05) is 24.2 Å². The third-order valence-corrected chi connectivity index (χ3v) is 5.34. The maximum Gasteiger partial charge on any atom is 0.234 e. The molecule has 1 aliphatic rings. The summed E-state index contributed by atoms with van der Waals surface area (Å²) in [5.74, 6) is 0.885. The number of anilines is 1. The number of hydrazone groups is 1. The zero-order valence-corrected chi connectivity index (χ0v) is 18.7. The van der Waals surface area contributed by atoms with Gasteiger partial charge >= 0.3 is 0 Å². The number of ether oxygens (including phenoxy) is 1. The van der Waals surface area contributed by atoms with E-state index in [-0.39, 0.29) is 11.7 Å². The Morgan fingerprint density at radius 3 is 2.67 bits per heavy atom. The van der Waals surface area contributed by atoms with Gasteiger partial charge in [-0.2, -0.15) is 4.99 Å². The van der Waals surface area contributed by atoms with Crippen molar-refractivity contribution in [2.24, 2.45) is 10.1 Å². The lowest BCUT2D eigenvalue weighted by atomic mass is 10.3. The second-order valence-electron chi connectivity index (χ2n) is 6.04. The van der Waals surface area contributed by atoms with E-state index in [1.807, 2.05) is 0 Å². The summed E-state index contributed by atoms with van der Waals surface area (Å²) in [4.78, 5) is 16.7. The number of amidine groups is 1. The lowest BCUT2D eigenvalue weighted by Crippen LogP contribution is -2.33. The summed E-state index contributed by atoms with van der Waals surface area (Å²) >= 11 is 19.1. The molecule has 1 aliphatic heterocycles. The van der Waals surface area contributed by atoms with Gasteiger partial charge in [0.2, 0.25) is 17.0 Å². The molecule has 2 aromatic carbocycles. The molecule has 3 rings (SSSR count). The maximum absolute atomic E-state index is 12.3. The number of halogens is 3. The highest BCUT2D eigenvalue weighted by Gasteiger charge is 2.18. The number of rotatable bonds is 6. The molecular weight excluding hydrogens is 467 g/mol. The number of thioether (sulfide) groups is 1. The lowest BCUT2D eigenvalue weighted by Gasteiger charge is -2.23. The number of hydrogen-bond acceptors (Lipinski definition) is 6. The summed E-state index contributed by atoms with van der Waals surface area (Å²) in [5.41, 5.74) is 0.448. The highest BCUT2D eigenvalue weighted by molar-refractivity contribution is 8.14. The van der Waals surface area contributed by atoms with Crippen molar-refractivity contribution in [1.82, 2.24) is 5.01 Å². The standard InChI is InChI=1S/C20H17Cl3N4O2S/c1-2-9-27-11-19(29-15-6-3-13(21)4-7-15)25-20(26-27)30-12-18(28)24-17-10-14(22)5-8-16(17)23/h2-8,10H,1,9,11-12H2,(H,24,28). The first kappa shape index (κ1) is 22.5. The van der Waals surface area contributed by atoms with Crippen LogP contribution in [0.25, 0.3) is 0 Å². The van der Waals surface area contributed by atoms with E-state index in [1.165, 1.54) is 11.8 Å².